The quantitative estimate of drug-likeness (QED) is 0.611. The number of ether oxygens (including phenoxy) is 1. The van der Waals surface area contributed by atoms with Crippen molar-refractivity contribution in [3.05, 3.63) is 48.0 Å². The summed E-state index contributed by atoms with van der Waals surface area (Å²) in [6.45, 7) is 0.887. The predicted octanol–water partition coefficient (Wildman–Crippen LogP) is 4.05. The Kier molecular flexibility index (Phi) is 4.73. The van der Waals surface area contributed by atoms with Crippen molar-refractivity contribution < 1.29 is 23.7 Å². The summed E-state index contributed by atoms with van der Waals surface area (Å²) in [5.74, 6) is 0.303. The zero-order chi connectivity index (χ0) is 19.0. The third kappa shape index (κ3) is 3.74. The number of hydrogen-bond acceptors (Lipinski definition) is 6. The minimum Gasteiger partial charge on any atom is -0.481 e. The number of aliphatic carboxylic acids is 1. The van der Waals surface area contributed by atoms with Gasteiger partial charge in [0.2, 0.25) is 0 Å². The lowest BCUT2D eigenvalue weighted by Crippen LogP contribution is -2.46. The van der Waals surface area contributed by atoms with Crippen LogP contribution in [0.15, 0.2) is 47.4 Å². The van der Waals surface area contributed by atoms with Crippen molar-refractivity contribution in [2.45, 2.75) is 36.7 Å². The van der Waals surface area contributed by atoms with Gasteiger partial charge in [-0.2, -0.15) is 4.72 Å². The molecular weight excluding hydrogens is 368 g/mol. The fourth-order valence-electron chi connectivity index (χ4n) is 3.57. The molecule has 4 N–H and O–H groups in total. The fraction of sp³-hybridized carbons (Fsp3) is 0.316. The van der Waals surface area contributed by atoms with Gasteiger partial charge in [0, 0.05) is 19.0 Å². The van der Waals surface area contributed by atoms with E-state index in [0.717, 1.165) is 30.6 Å². The minimum atomic E-state index is -3.06. The summed E-state index contributed by atoms with van der Waals surface area (Å²) in [5, 5.41) is 8.75. The molecule has 2 heterocycles. The normalized spacial score (nSPS) is 21.3. The number of nitrogens with zero attached hydrogens (tertiary/aromatic N) is 1. The molecule has 0 aromatic heterocycles. The molecule has 0 aliphatic carbocycles. The fourth-order valence-corrected chi connectivity index (χ4v) is 5.07. The average Bonchev–Trinajstić information content (AvgIpc) is 3.09. The van der Waals surface area contributed by atoms with E-state index in [1.807, 2.05) is 24.3 Å². The number of carboxylic acids is 1. The molecule has 1 fully saturated rings. The molecule has 7 nitrogen and oxygen atoms in total. The molecule has 2 aromatic carbocycles. The molecule has 4 rings (SSSR count). The molecule has 1 atom stereocenters. The Hall–Kier alpha value is -2.26. The van der Waals surface area contributed by atoms with Crippen LogP contribution in [0.1, 0.15) is 24.8 Å². The molecule has 0 spiro atoms. The van der Waals surface area contributed by atoms with Crippen LogP contribution in [0, 0.1) is 0 Å². The number of carbonyl (C=O) groups is 1. The SMILES string of the molecule is O=C(O)CCc1ccc(Oc2ccc3c(c2)S(O)(O)NC2CCCN32)cc1. The van der Waals surface area contributed by atoms with Crippen molar-refractivity contribution >= 4 is 22.4 Å². The minimum absolute atomic E-state index is 0.0346. The van der Waals surface area contributed by atoms with Gasteiger partial charge in [0.05, 0.1) is 11.9 Å². The maximum absolute atomic E-state index is 10.6. The second kappa shape index (κ2) is 7.05. The number of fused-ring (bicyclic) bond motifs is 3. The largest absolute Gasteiger partial charge is 0.481 e. The molecular formula is C19H22N2O5S. The highest BCUT2D eigenvalue weighted by molar-refractivity contribution is 8.22. The zero-order valence-corrected chi connectivity index (χ0v) is 15.5. The van der Waals surface area contributed by atoms with Crippen LogP contribution in [0.4, 0.5) is 5.69 Å². The lowest BCUT2D eigenvalue weighted by Gasteiger charge is -2.46. The van der Waals surface area contributed by atoms with E-state index < -0.39 is 16.7 Å². The number of nitrogens with one attached hydrogen (secondary N) is 1. The summed E-state index contributed by atoms with van der Waals surface area (Å²) >= 11 is 0. The van der Waals surface area contributed by atoms with Gasteiger partial charge < -0.3 is 14.7 Å². The van der Waals surface area contributed by atoms with Crippen molar-refractivity contribution in [3.63, 3.8) is 0 Å². The second-order valence-corrected chi connectivity index (χ2v) is 8.56. The van der Waals surface area contributed by atoms with E-state index in [1.54, 1.807) is 18.2 Å². The summed E-state index contributed by atoms with van der Waals surface area (Å²) in [6.07, 6.45) is 2.43. The van der Waals surface area contributed by atoms with Gasteiger partial charge in [-0.25, -0.2) is 0 Å². The summed E-state index contributed by atoms with van der Waals surface area (Å²) in [4.78, 5) is 13.3. The Balaban J connectivity index is 1.53. The van der Waals surface area contributed by atoms with E-state index in [1.165, 1.54) is 0 Å². The van der Waals surface area contributed by atoms with Crippen LogP contribution < -0.4 is 14.4 Å². The highest BCUT2D eigenvalue weighted by Gasteiger charge is 2.38. The number of rotatable bonds is 5. The Morgan fingerprint density at radius 2 is 1.93 bits per heavy atom. The third-order valence-electron chi connectivity index (χ3n) is 4.89. The number of aryl methyl sites for hydroxylation is 1. The van der Waals surface area contributed by atoms with Gasteiger partial charge in [-0.15, -0.1) is 10.8 Å². The monoisotopic (exact) mass is 390 g/mol. The van der Waals surface area contributed by atoms with Gasteiger partial charge in [-0.1, -0.05) is 12.1 Å². The van der Waals surface area contributed by atoms with Crippen molar-refractivity contribution in [3.8, 4) is 11.5 Å². The van der Waals surface area contributed by atoms with E-state index in [2.05, 4.69) is 9.62 Å². The van der Waals surface area contributed by atoms with E-state index in [-0.39, 0.29) is 12.6 Å². The van der Waals surface area contributed by atoms with Crippen LogP contribution >= 0.6 is 10.8 Å². The molecule has 1 saturated heterocycles. The molecule has 0 saturated carbocycles. The number of anilines is 1. The molecule has 2 aliphatic heterocycles. The van der Waals surface area contributed by atoms with Crippen molar-refractivity contribution in [2.75, 3.05) is 11.4 Å². The van der Waals surface area contributed by atoms with E-state index >= 15 is 0 Å². The lowest BCUT2D eigenvalue weighted by molar-refractivity contribution is -0.136. The Morgan fingerprint density at radius 1 is 1.19 bits per heavy atom. The van der Waals surface area contributed by atoms with Crippen LogP contribution in [0.5, 0.6) is 11.5 Å². The first-order chi connectivity index (χ1) is 12.9. The van der Waals surface area contributed by atoms with Crippen molar-refractivity contribution in [2.24, 2.45) is 0 Å². The number of hydrogen-bond donors (Lipinski definition) is 4. The maximum atomic E-state index is 10.6. The smallest absolute Gasteiger partial charge is 0.303 e. The molecule has 0 radical (unpaired) electrons. The number of carboxylic acid groups (broad SMARTS) is 1. The van der Waals surface area contributed by atoms with E-state index in [0.29, 0.717) is 22.8 Å². The highest BCUT2D eigenvalue weighted by atomic mass is 32.3. The van der Waals surface area contributed by atoms with Gasteiger partial charge >= 0.3 is 5.97 Å². The molecule has 1 unspecified atom stereocenters. The molecule has 27 heavy (non-hydrogen) atoms. The van der Waals surface area contributed by atoms with Crippen LogP contribution in [0.2, 0.25) is 0 Å². The topological polar surface area (TPSA) is 102 Å². The van der Waals surface area contributed by atoms with Crippen LogP contribution in [0.3, 0.4) is 0 Å². The molecule has 2 aliphatic rings. The third-order valence-corrected chi connectivity index (χ3v) is 6.43. The van der Waals surface area contributed by atoms with Crippen LogP contribution in [0.25, 0.3) is 0 Å². The summed E-state index contributed by atoms with van der Waals surface area (Å²) in [7, 11) is -3.06. The molecule has 144 valence electrons. The zero-order valence-electron chi connectivity index (χ0n) is 14.7. The molecule has 2 aromatic rings. The average molecular weight is 390 g/mol. The van der Waals surface area contributed by atoms with E-state index in [4.69, 9.17) is 9.84 Å². The van der Waals surface area contributed by atoms with Gasteiger partial charge in [-0.05, 0) is 49.1 Å². The van der Waals surface area contributed by atoms with Crippen molar-refractivity contribution in [1.82, 2.24) is 4.72 Å². The summed E-state index contributed by atoms with van der Waals surface area (Å²) in [6, 6.07) is 12.6. The van der Waals surface area contributed by atoms with Gasteiger partial charge in [0.1, 0.15) is 16.4 Å². The number of benzene rings is 2. The first-order valence-electron chi connectivity index (χ1n) is 8.87. The first kappa shape index (κ1) is 18.1. The lowest BCUT2D eigenvalue weighted by atomic mass is 10.1. The second-order valence-electron chi connectivity index (χ2n) is 6.79. The molecule has 8 heteroatoms. The first-order valence-corrected chi connectivity index (χ1v) is 10.4. The van der Waals surface area contributed by atoms with Crippen LogP contribution in [-0.2, 0) is 11.2 Å². The summed E-state index contributed by atoms with van der Waals surface area (Å²) in [5.41, 5.74) is 1.77. The summed E-state index contributed by atoms with van der Waals surface area (Å²) < 4.78 is 29.8. The van der Waals surface area contributed by atoms with Gasteiger partial charge in [-0.3, -0.25) is 13.9 Å². The van der Waals surface area contributed by atoms with Crippen LogP contribution in [-0.4, -0.2) is 32.9 Å². The Labute approximate surface area is 159 Å². The van der Waals surface area contributed by atoms with E-state index in [9.17, 15) is 13.9 Å². The van der Waals surface area contributed by atoms with Gasteiger partial charge in [0.15, 0.2) is 0 Å². The molecule has 0 bridgehead atoms. The maximum Gasteiger partial charge on any atom is 0.303 e. The van der Waals surface area contributed by atoms with Gasteiger partial charge in [0.25, 0.3) is 0 Å². The van der Waals surface area contributed by atoms with Crippen molar-refractivity contribution in [1.29, 1.82) is 0 Å². The Morgan fingerprint density at radius 3 is 2.67 bits per heavy atom. The standard InChI is InChI=1S/C19H22N2O5S/c22-19(23)10-5-13-3-6-14(7-4-13)26-15-8-9-16-17(12-15)27(24,25)20-18-2-1-11-21(16)18/h3-4,6-9,12,18,20,24-25H,1-2,5,10-11H2,(H,22,23). The highest BCUT2D eigenvalue weighted by Crippen LogP contribution is 2.55. The Bertz CT molecular complexity index is 856. The molecule has 0 amide bonds. The predicted molar refractivity (Wildman–Crippen MR) is 104 cm³/mol.